The lowest BCUT2D eigenvalue weighted by atomic mass is 9.97. The highest BCUT2D eigenvalue weighted by molar-refractivity contribution is 7.18. The van der Waals surface area contributed by atoms with Gasteiger partial charge in [-0.2, -0.15) is 0 Å². The van der Waals surface area contributed by atoms with Gasteiger partial charge in [-0.05, 0) is 67.9 Å². The fraction of sp³-hybridized carbons (Fsp3) is 0.269. The molecule has 1 fully saturated rings. The number of nitrogens with one attached hydrogen (secondary N) is 1. The molecule has 0 saturated carbocycles. The summed E-state index contributed by atoms with van der Waals surface area (Å²) in [5, 5.41) is 5.12. The van der Waals surface area contributed by atoms with Gasteiger partial charge in [0, 0.05) is 6.04 Å². The van der Waals surface area contributed by atoms with Gasteiger partial charge in [0.25, 0.3) is 0 Å². The molecular formula is C26H27N3S. The van der Waals surface area contributed by atoms with Crippen molar-refractivity contribution in [3.63, 3.8) is 0 Å². The zero-order valence-corrected chi connectivity index (χ0v) is 18.1. The highest BCUT2D eigenvalue weighted by Crippen LogP contribution is 2.33. The Labute approximate surface area is 182 Å². The second-order valence-electron chi connectivity index (χ2n) is 8.19. The summed E-state index contributed by atoms with van der Waals surface area (Å²) in [7, 11) is 2.21. The quantitative estimate of drug-likeness (QED) is 0.452. The minimum absolute atomic E-state index is 0.111. The molecule has 1 N–H and O–H groups in total. The van der Waals surface area contributed by atoms with Gasteiger partial charge in [0.1, 0.15) is 5.01 Å². The monoisotopic (exact) mass is 413 g/mol. The molecule has 0 aliphatic carbocycles. The van der Waals surface area contributed by atoms with E-state index < -0.39 is 0 Å². The number of fused-ring (bicyclic) bond motifs is 1. The second kappa shape index (κ2) is 8.68. The molecule has 152 valence electrons. The molecule has 1 aromatic heterocycles. The van der Waals surface area contributed by atoms with Gasteiger partial charge in [-0.3, -0.25) is 0 Å². The lowest BCUT2D eigenvalue weighted by Crippen LogP contribution is -2.42. The molecule has 1 unspecified atom stereocenters. The minimum Gasteiger partial charge on any atom is -0.306 e. The van der Waals surface area contributed by atoms with E-state index in [2.05, 4.69) is 96.1 Å². The number of likely N-dealkylation sites (tertiary alicyclic amines) is 1. The first-order chi connectivity index (χ1) is 14.8. The van der Waals surface area contributed by atoms with E-state index in [1.54, 1.807) is 11.3 Å². The number of piperidine rings is 1. The molecular weight excluding hydrogens is 386 g/mol. The van der Waals surface area contributed by atoms with Crippen molar-refractivity contribution in [2.45, 2.75) is 24.9 Å². The zero-order chi connectivity index (χ0) is 20.3. The number of para-hydroxylation sites is 1. The Kier molecular flexibility index (Phi) is 5.63. The second-order valence-corrected chi connectivity index (χ2v) is 9.25. The topological polar surface area (TPSA) is 28.2 Å². The van der Waals surface area contributed by atoms with Gasteiger partial charge in [-0.25, -0.2) is 4.98 Å². The molecule has 1 saturated heterocycles. The van der Waals surface area contributed by atoms with Crippen LogP contribution < -0.4 is 5.32 Å². The van der Waals surface area contributed by atoms with Gasteiger partial charge in [0.15, 0.2) is 0 Å². The predicted octanol–water partition coefficient (Wildman–Crippen LogP) is 5.74. The summed E-state index contributed by atoms with van der Waals surface area (Å²) in [6.45, 7) is 2.29. The van der Waals surface area contributed by atoms with Crippen molar-refractivity contribution in [1.29, 1.82) is 0 Å². The maximum Gasteiger partial charge on any atom is 0.115 e. The highest BCUT2D eigenvalue weighted by Gasteiger charge is 2.25. The summed E-state index contributed by atoms with van der Waals surface area (Å²) in [5.41, 5.74) is 4.88. The van der Waals surface area contributed by atoms with Crippen LogP contribution in [0.1, 0.15) is 29.5 Å². The fourth-order valence-corrected chi connectivity index (χ4v) is 5.32. The molecule has 0 radical (unpaired) electrons. The lowest BCUT2D eigenvalue weighted by molar-refractivity contribution is 0.229. The van der Waals surface area contributed by atoms with Crippen molar-refractivity contribution in [1.82, 2.24) is 15.2 Å². The molecule has 4 aromatic rings. The smallest absolute Gasteiger partial charge is 0.115 e. The number of benzene rings is 3. The fourth-order valence-electron chi connectivity index (χ4n) is 4.26. The first-order valence-electron chi connectivity index (χ1n) is 10.7. The summed E-state index contributed by atoms with van der Waals surface area (Å²) in [6, 6.07) is 28.6. The Hall–Kier alpha value is -2.53. The SMILES string of the molecule is CN1CCC(NC(c2cccc(-c3ccccc3)c2)c2nc3ccccc3s2)CC1. The van der Waals surface area contributed by atoms with E-state index in [1.807, 2.05) is 0 Å². The number of hydrogen-bond acceptors (Lipinski definition) is 4. The van der Waals surface area contributed by atoms with Gasteiger partial charge in [0.2, 0.25) is 0 Å². The minimum atomic E-state index is 0.111. The number of thiazole rings is 1. The zero-order valence-electron chi connectivity index (χ0n) is 17.3. The van der Waals surface area contributed by atoms with E-state index >= 15 is 0 Å². The van der Waals surface area contributed by atoms with Crippen LogP contribution in [0, 0.1) is 0 Å². The molecule has 2 heterocycles. The van der Waals surface area contributed by atoms with E-state index in [9.17, 15) is 0 Å². The summed E-state index contributed by atoms with van der Waals surface area (Å²) >= 11 is 1.81. The van der Waals surface area contributed by atoms with Crippen molar-refractivity contribution in [2.24, 2.45) is 0 Å². The maximum absolute atomic E-state index is 5.02. The first-order valence-corrected chi connectivity index (χ1v) is 11.5. The Morgan fingerprint density at radius 3 is 2.43 bits per heavy atom. The summed E-state index contributed by atoms with van der Waals surface area (Å²) in [4.78, 5) is 7.44. The van der Waals surface area contributed by atoms with Gasteiger partial charge < -0.3 is 10.2 Å². The van der Waals surface area contributed by atoms with Crippen LogP contribution in [0.5, 0.6) is 0 Å². The Morgan fingerprint density at radius 2 is 1.63 bits per heavy atom. The van der Waals surface area contributed by atoms with Crippen molar-refractivity contribution in [2.75, 3.05) is 20.1 Å². The number of nitrogens with zero attached hydrogens (tertiary/aromatic N) is 2. The van der Waals surface area contributed by atoms with Crippen molar-refractivity contribution in [3.05, 3.63) is 89.4 Å². The van der Waals surface area contributed by atoms with E-state index in [4.69, 9.17) is 4.98 Å². The number of hydrogen-bond donors (Lipinski definition) is 1. The van der Waals surface area contributed by atoms with Crippen molar-refractivity contribution >= 4 is 21.6 Å². The molecule has 5 rings (SSSR count). The standard InChI is InChI=1S/C26H27N3S/c1-29-16-14-22(15-17-29)27-25(26-28-23-12-5-6-13-24(23)30-26)21-11-7-10-20(18-21)19-8-3-2-4-9-19/h2-13,18,22,25,27H,14-17H2,1H3. The van der Waals surface area contributed by atoms with E-state index in [-0.39, 0.29) is 6.04 Å². The molecule has 1 atom stereocenters. The number of rotatable bonds is 5. The maximum atomic E-state index is 5.02. The Balaban J connectivity index is 1.52. The summed E-state index contributed by atoms with van der Waals surface area (Å²) in [6.07, 6.45) is 2.35. The van der Waals surface area contributed by atoms with E-state index in [0.29, 0.717) is 6.04 Å². The molecule has 0 spiro atoms. The van der Waals surface area contributed by atoms with Crippen LogP contribution in [-0.2, 0) is 0 Å². The van der Waals surface area contributed by atoms with Crippen molar-refractivity contribution in [3.8, 4) is 11.1 Å². The first kappa shape index (κ1) is 19.4. The Bertz CT molecular complexity index is 1080. The highest BCUT2D eigenvalue weighted by atomic mass is 32.1. The van der Waals surface area contributed by atoms with Crippen LogP contribution in [0.3, 0.4) is 0 Å². The third kappa shape index (κ3) is 4.17. The van der Waals surface area contributed by atoms with Crippen LogP contribution in [0.15, 0.2) is 78.9 Å². The predicted molar refractivity (Wildman–Crippen MR) is 127 cm³/mol. The number of aromatic nitrogens is 1. The normalized spacial score (nSPS) is 16.7. The van der Waals surface area contributed by atoms with Crippen LogP contribution in [0.2, 0.25) is 0 Å². The molecule has 1 aliphatic rings. The van der Waals surface area contributed by atoms with Gasteiger partial charge in [0.05, 0.1) is 16.3 Å². The largest absolute Gasteiger partial charge is 0.306 e. The summed E-state index contributed by atoms with van der Waals surface area (Å²) < 4.78 is 1.25. The van der Waals surface area contributed by atoms with Crippen LogP contribution in [-0.4, -0.2) is 36.1 Å². The summed E-state index contributed by atoms with van der Waals surface area (Å²) in [5.74, 6) is 0. The Morgan fingerprint density at radius 1 is 0.900 bits per heavy atom. The van der Waals surface area contributed by atoms with Crippen molar-refractivity contribution < 1.29 is 0 Å². The molecule has 1 aliphatic heterocycles. The van der Waals surface area contributed by atoms with Gasteiger partial charge in [-0.1, -0.05) is 60.7 Å². The van der Waals surface area contributed by atoms with E-state index in [1.165, 1.54) is 34.2 Å². The molecule has 4 heteroatoms. The lowest BCUT2D eigenvalue weighted by Gasteiger charge is -2.32. The van der Waals surface area contributed by atoms with Crippen LogP contribution >= 0.6 is 11.3 Å². The van der Waals surface area contributed by atoms with Gasteiger partial charge in [-0.15, -0.1) is 11.3 Å². The molecule has 3 nitrogen and oxygen atoms in total. The molecule has 0 amide bonds. The van der Waals surface area contributed by atoms with Crippen LogP contribution in [0.25, 0.3) is 21.3 Å². The molecule has 30 heavy (non-hydrogen) atoms. The van der Waals surface area contributed by atoms with E-state index in [0.717, 1.165) is 23.6 Å². The molecule has 3 aromatic carbocycles. The average molecular weight is 414 g/mol. The third-order valence-corrected chi connectivity index (χ3v) is 7.11. The molecule has 0 bridgehead atoms. The van der Waals surface area contributed by atoms with Crippen LogP contribution in [0.4, 0.5) is 0 Å². The van der Waals surface area contributed by atoms with Gasteiger partial charge >= 0.3 is 0 Å². The third-order valence-electron chi connectivity index (χ3n) is 6.01. The average Bonchev–Trinajstić information content (AvgIpc) is 3.23.